The molecule has 3 aromatic rings. The number of allylic oxidation sites excluding steroid dienone is 1. The zero-order chi connectivity index (χ0) is 22.5. The quantitative estimate of drug-likeness (QED) is 0.323. The number of carbonyl (C=O) groups excluding carboxylic acids is 1. The molecule has 6 nitrogen and oxygen atoms in total. The number of pyridine rings is 1. The highest BCUT2D eigenvalue weighted by molar-refractivity contribution is 9.11. The molecule has 0 aliphatic heterocycles. The number of halogens is 1. The van der Waals surface area contributed by atoms with Crippen molar-refractivity contribution in [3.8, 4) is 11.4 Å². The number of hydrogen-bond acceptors (Lipinski definition) is 5. The maximum Gasteiger partial charge on any atom is 0.248 e. The molecule has 2 heterocycles. The summed E-state index contributed by atoms with van der Waals surface area (Å²) in [6.45, 7) is 13.9. The molecule has 160 valence electrons. The molecule has 1 unspecified atom stereocenters. The van der Waals surface area contributed by atoms with Gasteiger partial charge in [0.05, 0.1) is 0 Å². The number of aromatic nitrogens is 4. The highest BCUT2D eigenvalue weighted by Crippen LogP contribution is 2.31. The van der Waals surface area contributed by atoms with E-state index in [1.54, 1.807) is 12.4 Å². The fourth-order valence-corrected chi connectivity index (χ4v) is 3.65. The third-order valence-corrected chi connectivity index (χ3v) is 5.28. The zero-order valence-electron chi connectivity index (χ0n) is 18.0. The van der Waals surface area contributed by atoms with E-state index in [9.17, 15) is 4.79 Å². The van der Waals surface area contributed by atoms with Gasteiger partial charge in [0.25, 0.3) is 0 Å². The monoisotopic (exact) mass is 489 g/mol. The van der Waals surface area contributed by atoms with Crippen molar-refractivity contribution in [1.82, 2.24) is 19.7 Å². The molecular formula is C22H28BrN5OS. The van der Waals surface area contributed by atoms with Crippen LogP contribution >= 0.6 is 27.7 Å². The number of para-hydroxylation sites is 1. The molecule has 3 rings (SSSR count). The molecule has 1 amide bonds. The standard InChI is InChI=1S/C18H16BrN5OS.2C2H6/c1-12(2)24-16(13-8-10-20-11-9-13)22-23-18(24)26-15(19)17(25)21-14-6-4-3-5-7-14;2*1-2/h3-11,15H,1H2,2H3,(H,21,25);2*1-2H3. The molecule has 1 atom stereocenters. The fourth-order valence-electron chi connectivity index (χ4n) is 2.24. The average Bonchev–Trinajstić information content (AvgIpc) is 3.21. The van der Waals surface area contributed by atoms with Gasteiger partial charge in [0.15, 0.2) is 11.0 Å². The summed E-state index contributed by atoms with van der Waals surface area (Å²) in [6.07, 6.45) is 3.39. The molecule has 1 aromatic carbocycles. The average molecular weight is 490 g/mol. The first kappa shape index (κ1) is 25.6. The molecule has 0 radical (unpaired) electrons. The zero-order valence-corrected chi connectivity index (χ0v) is 20.4. The van der Waals surface area contributed by atoms with Gasteiger partial charge in [-0.15, -0.1) is 10.2 Å². The number of amides is 1. The summed E-state index contributed by atoms with van der Waals surface area (Å²) in [4.78, 5) is 16.4. The van der Waals surface area contributed by atoms with Crippen molar-refractivity contribution in [2.45, 2.75) is 43.9 Å². The molecule has 0 aliphatic rings. The maximum atomic E-state index is 12.4. The van der Waals surface area contributed by atoms with Crippen molar-refractivity contribution in [3.63, 3.8) is 0 Å². The lowest BCUT2D eigenvalue weighted by molar-refractivity contribution is -0.114. The first-order valence-corrected chi connectivity index (χ1v) is 11.5. The Morgan fingerprint density at radius 1 is 1.07 bits per heavy atom. The summed E-state index contributed by atoms with van der Waals surface area (Å²) in [5.41, 5.74) is 2.37. The Morgan fingerprint density at radius 2 is 1.67 bits per heavy atom. The van der Waals surface area contributed by atoms with E-state index in [1.807, 2.05) is 81.7 Å². The van der Waals surface area contributed by atoms with E-state index in [4.69, 9.17) is 0 Å². The second kappa shape index (κ2) is 13.7. The largest absolute Gasteiger partial charge is 0.324 e. The van der Waals surface area contributed by atoms with Crippen molar-refractivity contribution in [3.05, 3.63) is 61.4 Å². The minimum atomic E-state index is -0.532. The van der Waals surface area contributed by atoms with Gasteiger partial charge in [0.2, 0.25) is 5.91 Å². The first-order valence-electron chi connectivity index (χ1n) is 9.74. The summed E-state index contributed by atoms with van der Waals surface area (Å²) in [5.74, 6) is 0.480. The molecule has 30 heavy (non-hydrogen) atoms. The molecule has 0 saturated heterocycles. The van der Waals surface area contributed by atoms with E-state index >= 15 is 0 Å². The molecule has 0 fully saturated rings. The van der Waals surface area contributed by atoms with Crippen molar-refractivity contribution < 1.29 is 4.79 Å². The van der Waals surface area contributed by atoms with Crippen molar-refractivity contribution in [2.24, 2.45) is 0 Å². The minimum Gasteiger partial charge on any atom is -0.324 e. The number of anilines is 1. The Labute approximate surface area is 191 Å². The van der Waals surface area contributed by atoms with Gasteiger partial charge in [0.1, 0.15) is 4.16 Å². The number of hydrogen-bond donors (Lipinski definition) is 1. The minimum absolute atomic E-state index is 0.178. The molecule has 1 N–H and O–H groups in total. The van der Waals surface area contributed by atoms with E-state index in [0.717, 1.165) is 16.9 Å². The van der Waals surface area contributed by atoms with Crippen LogP contribution in [-0.2, 0) is 4.79 Å². The maximum absolute atomic E-state index is 12.4. The summed E-state index contributed by atoms with van der Waals surface area (Å²) in [5, 5.41) is 11.9. The lowest BCUT2D eigenvalue weighted by Crippen LogP contribution is -2.20. The van der Waals surface area contributed by atoms with Crippen molar-refractivity contribution in [1.29, 1.82) is 0 Å². The summed E-state index contributed by atoms with van der Waals surface area (Å²) >= 11 is 4.68. The summed E-state index contributed by atoms with van der Waals surface area (Å²) in [6, 6.07) is 13.0. The summed E-state index contributed by atoms with van der Waals surface area (Å²) in [7, 11) is 0. The molecule has 8 heteroatoms. The van der Waals surface area contributed by atoms with Crippen LogP contribution in [0.15, 0.2) is 66.6 Å². The van der Waals surface area contributed by atoms with Crippen LogP contribution in [0.1, 0.15) is 34.6 Å². The summed E-state index contributed by atoms with van der Waals surface area (Å²) < 4.78 is 1.29. The topological polar surface area (TPSA) is 72.7 Å². The molecule has 0 saturated carbocycles. The van der Waals surface area contributed by atoms with Crippen LogP contribution in [0.5, 0.6) is 0 Å². The van der Waals surface area contributed by atoms with Gasteiger partial charge in [-0.3, -0.25) is 14.3 Å². The fraction of sp³-hybridized carbons (Fsp3) is 0.273. The number of nitrogens with one attached hydrogen (secondary N) is 1. The van der Waals surface area contributed by atoms with Gasteiger partial charge in [-0.05, 0) is 31.2 Å². The van der Waals surface area contributed by atoms with Crippen molar-refractivity contribution in [2.75, 3.05) is 5.32 Å². The first-order chi connectivity index (χ1) is 14.6. The Morgan fingerprint density at radius 3 is 2.23 bits per heavy atom. The van der Waals surface area contributed by atoms with Gasteiger partial charge in [-0.2, -0.15) is 0 Å². The molecule has 0 spiro atoms. The molecule has 0 bridgehead atoms. The van der Waals surface area contributed by atoms with Crippen LogP contribution < -0.4 is 5.32 Å². The van der Waals surface area contributed by atoms with Gasteiger partial charge in [0, 0.05) is 29.3 Å². The van der Waals surface area contributed by atoms with Crippen LogP contribution in [0, 0.1) is 0 Å². The second-order valence-electron chi connectivity index (χ2n) is 5.40. The van der Waals surface area contributed by atoms with E-state index in [-0.39, 0.29) is 5.91 Å². The van der Waals surface area contributed by atoms with Crippen LogP contribution in [-0.4, -0.2) is 29.8 Å². The van der Waals surface area contributed by atoms with Crippen LogP contribution in [0.25, 0.3) is 17.1 Å². The van der Waals surface area contributed by atoms with Gasteiger partial charge >= 0.3 is 0 Å². The van der Waals surface area contributed by atoms with Crippen LogP contribution in [0.2, 0.25) is 0 Å². The Balaban J connectivity index is 0.00000106. The van der Waals surface area contributed by atoms with Gasteiger partial charge in [-0.1, -0.05) is 80.2 Å². The van der Waals surface area contributed by atoms with Gasteiger partial charge < -0.3 is 5.32 Å². The molecule has 0 aliphatic carbocycles. The lowest BCUT2D eigenvalue weighted by atomic mass is 10.2. The Kier molecular flexibility index (Phi) is 11.7. The van der Waals surface area contributed by atoms with Crippen LogP contribution in [0.4, 0.5) is 5.69 Å². The van der Waals surface area contributed by atoms with Crippen LogP contribution in [0.3, 0.4) is 0 Å². The SMILES string of the molecule is C=C(C)n1c(SC(Br)C(=O)Nc2ccccc2)nnc1-c1ccncc1.CC.CC. The van der Waals surface area contributed by atoms with E-state index < -0.39 is 4.16 Å². The predicted octanol–water partition coefficient (Wildman–Crippen LogP) is 6.33. The highest BCUT2D eigenvalue weighted by Gasteiger charge is 2.22. The third-order valence-electron chi connectivity index (χ3n) is 3.41. The van der Waals surface area contributed by atoms with E-state index in [2.05, 4.69) is 43.0 Å². The molecule has 2 aromatic heterocycles. The number of benzene rings is 1. The second-order valence-corrected chi connectivity index (χ2v) is 8.00. The predicted molar refractivity (Wildman–Crippen MR) is 131 cm³/mol. The smallest absolute Gasteiger partial charge is 0.248 e. The third kappa shape index (κ3) is 7.11. The van der Waals surface area contributed by atoms with Gasteiger partial charge in [-0.25, -0.2) is 0 Å². The van der Waals surface area contributed by atoms with E-state index in [1.165, 1.54) is 11.8 Å². The number of carbonyl (C=O) groups is 1. The lowest BCUT2D eigenvalue weighted by Gasteiger charge is -2.12. The Bertz CT molecular complexity index is 916. The van der Waals surface area contributed by atoms with E-state index in [0.29, 0.717) is 11.0 Å². The normalized spacial score (nSPS) is 10.6. The highest BCUT2D eigenvalue weighted by atomic mass is 79.9. The number of rotatable bonds is 6. The number of nitrogens with zero attached hydrogens (tertiary/aromatic N) is 4. The molecular weight excluding hydrogens is 462 g/mol. The Hall–Kier alpha value is -2.45. The van der Waals surface area contributed by atoms with Crippen molar-refractivity contribution >= 4 is 45.0 Å². The number of alkyl halides is 1. The number of thioether (sulfide) groups is 1.